The summed E-state index contributed by atoms with van der Waals surface area (Å²) in [5.74, 6) is 0.588. The predicted octanol–water partition coefficient (Wildman–Crippen LogP) is 3.01. The van der Waals surface area contributed by atoms with Crippen LogP contribution in [0, 0.1) is 6.92 Å². The quantitative estimate of drug-likeness (QED) is 0.778. The first-order chi connectivity index (χ1) is 6.69. The van der Waals surface area contributed by atoms with E-state index in [1.54, 1.807) is 0 Å². The summed E-state index contributed by atoms with van der Waals surface area (Å²) in [5.41, 5.74) is 9.85. The Balaban J connectivity index is 2.85. The van der Waals surface area contributed by atoms with E-state index in [0.717, 1.165) is 19.4 Å². The second kappa shape index (κ2) is 5.16. The van der Waals surface area contributed by atoms with Crippen LogP contribution in [0.15, 0.2) is 18.2 Å². The van der Waals surface area contributed by atoms with Crippen molar-refractivity contribution in [3.8, 4) is 0 Å². The van der Waals surface area contributed by atoms with E-state index in [1.807, 2.05) is 0 Å². The molecular formula is C13H21N. The van der Waals surface area contributed by atoms with Gasteiger partial charge in [-0.1, -0.05) is 32.0 Å². The Hall–Kier alpha value is -0.820. The minimum atomic E-state index is 0.588. The number of rotatable bonds is 4. The molecule has 1 nitrogen and oxygen atoms in total. The molecule has 1 rings (SSSR count). The van der Waals surface area contributed by atoms with Crippen molar-refractivity contribution in [3.63, 3.8) is 0 Å². The molecule has 1 unspecified atom stereocenters. The number of hydrogen-bond donors (Lipinski definition) is 1. The average molecular weight is 191 g/mol. The van der Waals surface area contributed by atoms with Gasteiger partial charge in [0.2, 0.25) is 0 Å². The maximum absolute atomic E-state index is 5.56. The van der Waals surface area contributed by atoms with Gasteiger partial charge in [0.1, 0.15) is 0 Å². The molecule has 0 aliphatic heterocycles. The maximum atomic E-state index is 5.56. The predicted molar refractivity (Wildman–Crippen MR) is 62.6 cm³/mol. The van der Waals surface area contributed by atoms with Crippen LogP contribution < -0.4 is 5.73 Å². The molecule has 1 heteroatoms. The smallest absolute Gasteiger partial charge is 0.00715 e. The highest BCUT2D eigenvalue weighted by atomic mass is 14.5. The minimum absolute atomic E-state index is 0.588. The molecule has 0 aromatic heterocycles. The molecule has 14 heavy (non-hydrogen) atoms. The van der Waals surface area contributed by atoms with Gasteiger partial charge in [0, 0.05) is 0 Å². The van der Waals surface area contributed by atoms with Crippen LogP contribution in [0.25, 0.3) is 0 Å². The molecule has 1 aromatic carbocycles. The van der Waals surface area contributed by atoms with Gasteiger partial charge in [-0.15, -0.1) is 0 Å². The van der Waals surface area contributed by atoms with Crippen molar-refractivity contribution in [2.75, 3.05) is 6.54 Å². The summed E-state index contributed by atoms with van der Waals surface area (Å²) in [6.45, 7) is 7.41. The molecule has 0 spiro atoms. The fourth-order valence-electron chi connectivity index (χ4n) is 1.84. The van der Waals surface area contributed by atoms with Crippen molar-refractivity contribution in [1.29, 1.82) is 0 Å². The number of nitrogens with two attached hydrogens (primary N) is 1. The first-order valence-corrected chi connectivity index (χ1v) is 5.48. The van der Waals surface area contributed by atoms with Gasteiger partial charge in [-0.3, -0.25) is 0 Å². The summed E-state index contributed by atoms with van der Waals surface area (Å²) in [5, 5.41) is 0. The third-order valence-corrected chi connectivity index (χ3v) is 2.92. The minimum Gasteiger partial charge on any atom is -0.330 e. The summed E-state index contributed by atoms with van der Waals surface area (Å²) >= 11 is 0. The summed E-state index contributed by atoms with van der Waals surface area (Å²) in [4.78, 5) is 0. The van der Waals surface area contributed by atoms with Crippen molar-refractivity contribution in [2.45, 2.75) is 39.5 Å². The van der Waals surface area contributed by atoms with E-state index in [4.69, 9.17) is 5.73 Å². The fraction of sp³-hybridized carbons (Fsp3) is 0.538. The van der Waals surface area contributed by atoms with E-state index in [-0.39, 0.29) is 0 Å². The van der Waals surface area contributed by atoms with Crippen LogP contribution >= 0.6 is 0 Å². The summed E-state index contributed by atoms with van der Waals surface area (Å²) in [6.07, 6.45) is 2.20. The Morgan fingerprint density at radius 1 is 1.36 bits per heavy atom. The second-order valence-electron chi connectivity index (χ2n) is 4.02. The SMILES string of the molecule is CCc1ccc(C(C)CCN)cc1C. The van der Waals surface area contributed by atoms with Gasteiger partial charge in [0.05, 0.1) is 0 Å². The van der Waals surface area contributed by atoms with E-state index in [9.17, 15) is 0 Å². The average Bonchev–Trinajstić information content (AvgIpc) is 2.18. The van der Waals surface area contributed by atoms with Gasteiger partial charge < -0.3 is 5.73 Å². The summed E-state index contributed by atoms with van der Waals surface area (Å²) in [7, 11) is 0. The highest BCUT2D eigenvalue weighted by Crippen LogP contribution is 2.21. The van der Waals surface area contributed by atoms with Crippen molar-refractivity contribution in [3.05, 3.63) is 34.9 Å². The molecule has 0 radical (unpaired) electrons. The topological polar surface area (TPSA) is 26.0 Å². The van der Waals surface area contributed by atoms with Gasteiger partial charge in [-0.25, -0.2) is 0 Å². The van der Waals surface area contributed by atoms with Crippen LogP contribution in [0.4, 0.5) is 0 Å². The van der Waals surface area contributed by atoms with E-state index in [1.165, 1.54) is 16.7 Å². The molecule has 78 valence electrons. The Morgan fingerprint density at radius 3 is 2.57 bits per heavy atom. The van der Waals surface area contributed by atoms with Gasteiger partial charge in [-0.2, -0.15) is 0 Å². The van der Waals surface area contributed by atoms with Crippen molar-refractivity contribution >= 4 is 0 Å². The first-order valence-electron chi connectivity index (χ1n) is 5.48. The van der Waals surface area contributed by atoms with Crippen molar-refractivity contribution < 1.29 is 0 Å². The molecule has 2 N–H and O–H groups in total. The van der Waals surface area contributed by atoms with Crippen LogP contribution in [0.3, 0.4) is 0 Å². The molecular weight excluding hydrogens is 170 g/mol. The third-order valence-electron chi connectivity index (χ3n) is 2.92. The molecule has 0 aliphatic rings. The Kier molecular flexibility index (Phi) is 4.15. The molecule has 1 atom stereocenters. The van der Waals surface area contributed by atoms with E-state index in [0.29, 0.717) is 5.92 Å². The van der Waals surface area contributed by atoms with Crippen LogP contribution in [0.2, 0.25) is 0 Å². The Bertz CT molecular complexity index is 291. The normalized spacial score (nSPS) is 12.9. The Morgan fingerprint density at radius 2 is 2.07 bits per heavy atom. The Labute approximate surface area is 87.3 Å². The lowest BCUT2D eigenvalue weighted by Crippen LogP contribution is -2.05. The molecule has 0 bridgehead atoms. The van der Waals surface area contributed by atoms with Gasteiger partial charge in [0.25, 0.3) is 0 Å². The molecule has 0 saturated heterocycles. The third kappa shape index (κ3) is 2.58. The van der Waals surface area contributed by atoms with E-state index >= 15 is 0 Å². The second-order valence-corrected chi connectivity index (χ2v) is 4.02. The van der Waals surface area contributed by atoms with Crippen LogP contribution in [0.5, 0.6) is 0 Å². The summed E-state index contributed by atoms with van der Waals surface area (Å²) < 4.78 is 0. The van der Waals surface area contributed by atoms with Crippen LogP contribution in [0.1, 0.15) is 42.9 Å². The van der Waals surface area contributed by atoms with Gasteiger partial charge in [0.15, 0.2) is 0 Å². The molecule has 0 amide bonds. The molecule has 0 fully saturated rings. The van der Waals surface area contributed by atoms with E-state index < -0.39 is 0 Å². The lowest BCUT2D eigenvalue weighted by molar-refractivity contribution is 0.689. The highest BCUT2D eigenvalue weighted by molar-refractivity contribution is 5.32. The fourth-order valence-corrected chi connectivity index (χ4v) is 1.84. The van der Waals surface area contributed by atoms with Gasteiger partial charge >= 0.3 is 0 Å². The molecule has 0 saturated carbocycles. The zero-order chi connectivity index (χ0) is 10.6. The van der Waals surface area contributed by atoms with E-state index in [2.05, 4.69) is 39.0 Å². The summed E-state index contributed by atoms with van der Waals surface area (Å²) in [6, 6.07) is 6.79. The van der Waals surface area contributed by atoms with Crippen LogP contribution in [-0.4, -0.2) is 6.54 Å². The van der Waals surface area contributed by atoms with Crippen LogP contribution in [-0.2, 0) is 6.42 Å². The molecule has 0 heterocycles. The zero-order valence-corrected chi connectivity index (χ0v) is 9.51. The van der Waals surface area contributed by atoms with Crippen molar-refractivity contribution in [1.82, 2.24) is 0 Å². The van der Waals surface area contributed by atoms with Crippen molar-refractivity contribution in [2.24, 2.45) is 5.73 Å². The lowest BCUT2D eigenvalue weighted by Gasteiger charge is -2.13. The standard InChI is InChI=1S/C13H21N/c1-4-12-5-6-13(9-11(12)3)10(2)7-8-14/h5-6,9-10H,4,7-8,14H2,1-3H3. The molecule has 1 aromatic rings. The number of aryl methyl sites for hydroxylation is 2. The largest absolute Gasteiger partial charge is 0.330 e. The monoisotopic (exact) mass is 191 g/mol. The first kappa shape index (κ1) is 11.3. The van der Waals surface area contributed by atoms with Gasteiger partial charge in [-0.05, 0) is 48.9 Å². The lowest BCUT2D eigenvalue weighted by atomic mass is 9.94. The number of benzene rings is 1. The highest BCUT2D eigenvalue weighted by Gasteiger charge is 2.05. The zero-order valence-electron chi connectivity index (χ0n) is 9.51. The number of hydrogen-bond acceptors (Lipinski definition) is 1. The maximum Gasteiger partial charge on any atom is -0.00715 e. The molecule has 0 aliphatic carbocycles.